The highest BCUT2D eigenvalue weighted by molar-refractivity contribution is 5.87. The Bertz CT molecular complexity index is 729. The fourth-order valence-corrected chi connectivity index (χ4v) is 2.68. The molecule has 0 fully saturated rings. The second-order valence-corrected chi connectivity index (χ2v) is 8.10. The molecule has 0 heterocycles. The minimum Gasteiger partial charge on any atom is -0.462 e. The van der Waals surface area contributed by atoms with Crippen LogP contribution in [0.1, 0.15) is 27.7 Å². The second-order valence-electron chi connectivity index (χ2n) is 8.10. The van der Waals surface area contributed by atoms with Gasteiger partial charge >= 0.3 is 17.9 Å². The quantitative estimate of drug-likeness (QED) is 0.126. The van der Waals surface area contributed by atoms with Crippen molar-refractivity contribution in [3.05, 3.63) is 36.5 Å². The summed E-state index contributed by atoms with van der Waals surface area (Å²) >= 11 is 0. The van der Waals surface area contributed by atoms with Crippen LogP contribution in [0.4, 0.5) is 0 Å². The van der Waals surface area contributed by atoms with Crippen LogP contribution in [0.15, 0.2) is 36.5 Å². The Morgan fingerprint density at radius 1 is 0.794 bits per heavy atom. The lowest BCUT2D eigenvalue weighted by atomic mass is 9.73. The molecule has 0 radical (unpaired) electrons. The molecule has 3 unspecified atom stereocenters. The topological polar surface area (TPSA) is 138 Å². The van der Waals surface area contributed by atoms with Crippen LogP contribution < -0.4 is 0 Å². The molecular formula is C24H38O10. The summed E-state index contributed by atoms with van der Waals surface area (Å²) in [6.45, 7) is 15.4. The minimum atomic E-state index is -1.30. The number of aliphatic hydroxyl groups is 2. The van der Waals surface area contributed by atoms with Crippen LogP contribution in [0.5, 0.6) is 0 Å². The van der Waals surface area contributed by atoms with Gasteiger partial charge in [-0.25, -0.2) is 14.4 Å². The highest BCUT2D eigenvalue weighted by Crippen LogP contribution is 2.34. The number of carbonyl (C=O) groups is 3. The van der Waals surface area contributed by atoms with Crippen LogP contribution in [-0.4, -0.2) is 87.1 Å². The SMILES string of the molecule is C=C(C)C(=O)OCCOCCOC(COC(=O)C(=C)C)C(CO)(COC(=O)C(=C)C)C(C)CO. The number of carbonyl (C=O) groups excluding carboxylic acids is 3. The summed E-state index contributed by atoms with van der Waals surface area (Å²) in [7, 11) is 0. The molecular weight excluding hydrogens is 448 g/mol. The van der Waals surface area contributed by atoms with Crippen LogP contribution in [0.25, 0.3) is 0 Å². The van der Waals surface area contributed by atoms with E-state index in [1.807, 2.05) is 0 Å². The first-order chi connectivity index (χ1) is 15.9. The maximum Gasteiger partial charge on any atom is 0.333 e. The first-order valence-electron chi connectivity index (χ1n) is 10.8. The maximum absolute atomic E-state index is 12.0. The number of ether oxygens (including phenoxy) is 5. The van der Waals surface area contributed by atoms with Gasteiger partial charge in [-0.15, -0.1) is 0 Å². The van der Waals surface area contributed by atoms with E-state index in [2.05, 4.69) is 19.7 Å². The molecule has 2 N–H and O–H groups in total. The van der Waals surface area contributed by atoms with Gasteiger partial charge in [0.25, 0.3) is 0 Å². The lowest BCUT2D eigenvalue weighted by Gasteiger charge is -2.42. The predicted octanol–water partition coefficient (Wildman–Crippen LogP) is 1.35. The van der Waals surface area contributed by atoms with Crippen molar-refractivity contribution in [3.8, 4) is 0 Å². The van der Waals surface area contributed by atoms with Gasteiger partial charge in [0.05, 0.1) is 31.8 Å². The number of aliphatic hydroxyl groups excluding tert-OH is 2. The lowest BCUT2D eigenvalue weighted by molar-refractivity contribution is -0.177. The molecule has 34 heavy (non-hydrogen) atoms. The maximum atomic E-state index is 12.0. The predicted molar refractivity (Wildman–Crippen MR) is 124 cm³/mol. The molecule has 10 heteroatoms. The summed E-state index contributed by atoms with van der Waals surface area (Å²) in [4.78, 5) is 35.3. The summed E-state index contributed by atoms with van der Waals surface area (Å²) in [6, 6.07) is 0. The molecule has 0 saturated heterocycles. The summed E-state index contributed by atoms with van der Waals surface area (Å²) in [6.07, 6.45) is -0.967. The van der Waals surface area contributed by atoms with Gasteiger partial charge in [-0.2, -0.15) is 0 Å². The molecule has 0 aliphatic rings. The Morgan fingerprint density at radius 3 is 1.79 bits per heavy atom. The smallest absolute Gasteiger partial charge is 0.333 e. The Hall–Kier alpha value is -2.53. The van der Waals surface area contributed by atoms with E-state index in [0.29, 0.717) is 0 Å². The average Bonchev–Trinajstić information content (AvgIpc) is 2.80. The Balaban J connectivity index is 5.32. The molecule has 0 aromatic rings. The Morgan fingerprint density at radius 2 is 1.29 bits per heavy atom. The summed E-state index contributed by atoms with van der Waals surface area (Å²) in [5.41, 5.74) is -0.687. The van der Waals surface area contributed by atoms with Gasteiger partial charge < -0.3 is 33.9 Å². The summed E-state index contributed by atoms with van der Waals surface area (Å²) < 4.78 is 26.7. The second kappa shape index (κ2) is 16.2. The molecule has 3 atom stereocenters. The van der Waals surface area contributed by atoms with Crippen molar-refractivity contribution in [2.24, 2.45) is 11.3 Å². The fraction of sp³-hybridized carbons (Fsp3) is 0.625. The van der Waals surface area contributed by atoms with E-state index in [0.717, 1.165) is 0 Å². The molecule has 194 valence electrons. The molecule has 0 spiro atoms. The number of hydrogen-bond donors (Lipinski definition) is 2. The van der Waals surface area contributed by atoms with E-state index in [4.69, 9.17) is 23.7 Å². The van der Waals surface area contributed by atoms with Crippen molar-refractivity contribution in [1.29, 1.82) is 0 Å². The van der Waals surface area contributed by atoms with Crippen molar-refractivity contribution in [2.75, 3.05) is 52.9 Å². The third kappa shape index (κ3) is 10.6. The minimum absolute atomic E-state index is 0.0120. The van der Waals surface area contributed by atoms with E-state index in [9.17, 15) is 24.6 Å². The van der Waals surface area contributed by atoms with Gasteiger partial charge in [-0.1, -0.05) is 26.7 Å². The van der Waals surface area contributed by atoms with Gasteiger partial charge in [0, 0.05) is 23.3 Å². The third-order valence-electron chi connectivity index (χ3n) is 5.08. The standard InChI is InChI=1S/C24H38O10/c1-16(2)21(27)32-11-9-30-8-10-31-20(13-33-22(28)17(3)4)24(14-26,19(7)12-25)15-34-23(29)18(5)6/h19-20,25-26H,1,3,5,8-15H2,2,4,6-7H3. The van der Waals surface area contributed by atoms with E-state index < -0.39 is 42.0 Å². The van der Waals surface area contributed by atoms with Crippen molar-refractivity contribution in [2.45, 2.75) is 33.8 Å². The Kier molecular flexibility index (Phi) is 15.0. The van der Waals surface area contributed by atoms with E-state index in [1.165, 1.54) is 20.8 Å². The molecule has 0 amide bonds. The van der Waals surface area contributed by atoms with Crippen molar-refractivity contribution in [1.82, 2.24) is 0 Å². The first-order valence-corrected chi connectivity index (χ1v) is 10.8. The van der Waals surface area contributed by atoms with Gasteiger partial charge in [-0.05, 0) is 26.7 Å². The molecule has 0 aromatic carbocycles. The van der Waals surface area contributed by atoms with Gasteiger partial charge in [0.2, 0.25) is 0 Å². The highest BCUT2D eigenvalue weighted by atomic mass is 16.6. The molecule has 0 rings (SSSR count). The largest absolute Gasteiger partial charge is 0.462 e. The highest BCUT2D eigenvalue weighted by Gasteiger charge is 2.46. The molecule has 0 aliphatic carbocycles. The van der Waals surface area contributed by atoms with Crippen LogP contribution >= 0.6 is 0 Å². The Labute approximate surface area is 201 Å². The van der Waals surface area contributed by atoms with Crippen LogP contribution in [-0.2, 0) is 38.1 Å². The van der Waals surface area contributed by atoms with Gasteiger partial charge in [0.1, 0.15) is 25.9 Å². The lowest BCUT2D eigenvalue weighted by Crippen LogP contribution is -2.53. The number of rotatable bonds is 18. The van der Waals surface area contributed by atoms with E-state index in [1.54, 1.807) is 6.92 Å². The monoisotopic (exact) mass is 486 g/mol. The molecule has 0 bridgehead atoms. The zero-order valence-electron chi connectivity index (χ0n) is 20.6. The van der Waals surface area contributed by atoms with Crippen molar-refractivity contribution in [3.63, 3.8) is 0 Å². The van der Waals surface area contributed by atoms with Crippen molar-refractivity contribution < 1.29 is 48.3 Å². The molecule has 0 aliphatic heterocycles. The van der Waals surface area contributed by atoms with E-state index in [-0.39, 0.29) is 63.0 Å². The van der Waals surface area contributed by atoms with Crippen LogP contribution in [0.3, 0.4) is 0 Å². The first kappa shape index (κ1) is 31.5. The van der Waals surface area contributed by atoms with Gasteiger partial charge in [-0.3, -0.25) is 0 Å². The fourth-order valence-electron chi connectivity index (χ4n) is 2.68. The molecule has 0 aromatic heterocycles. The summed E-state index contributed by atoms with van der Waals surface area (Å²) in [5.74, 6) is -2.46. The van der Waals surface area contributed by atoms with Crippen molar-refractivity contribution >= 4 is 17.9 Å². The normalized spacial score (nSPS) is 14.3. The molecule has 0 saturated carbocycles. The summed E-state index contributed by atoms with van der Waals surface area (Å²) in [5, 5.41) is 20.1. The van der Waals surface area contributed by atoms with Crippen LogP contribution in [0, 0.1) is 11.3 Å². The van der Waals surface area contributed by atoms with Gasteiger partial charge in [0.15, 0.2) is 0 Å². The number of esters is 3. The third-order valence-corrected chi connectivity index (χ3v) is 5.08. The average molecular weight is 487 g/mol. The van der Waals surface area contributed by atoms with Crippen LogP contribution in [0.2, 0.25) is 0 Å². The van der Waals surface area contributed by atoms with E-state index >= 15 is 0 Å². The zero-order valence-corrected chi connectivity index (χ0v) is 20.6. The zero-order chi connectivity index (χ0) is 26.3. The molecule has 10 nitrogen and oxygen atoms in total. The number of hydrogen-bond acceptors (Lipinski definition) is 10.